The van der Waals surface area contributed by atoms with Crippen LogP contribution in [0.5, 0.6) is 23.1 Å². The van der Waals surface area contributed by atoms with E-state index in [-0.39, 0.29) is 87.9 Å². The van der Waals surface area contributed by atoms with Gasteiger partial charge in [-0.2, -0.15) is 0 Å². The van der Waals surface area contributed by atoms with Gasteiger partial charge < -0.3 is 29.0 Å². The zero-order chi connectivity index (χ0) is 28.0. The Morgan fingerprint density at radius 1 is 0.900 bits per heavy atom. The van der Waals surface area contributed by atoms with E-state index in [2.05, 4.69) is 24.7 Å². The van der Waals surface area contributed by atoms with Gasteiger partial charge in [0.1, 0.15) is 12.4 Å². The molecule has 1 N–H and O–H groups in total. The Labute approximate surface area is 255 Å². The van der Waals surface area contributed by atoms with Crippen LogP contribution in [0.1, 0.15) is 26.3 Å². The van der Waals surface area contributed by atoms with Gasteiger partial charge in [-0.15, -0.1) is 0 Å². The van der Waals surface area contributed by atoms with Crippen molar-refractivity contribution in [2.45, 2.75) is 31.1 Å². The van der Waals surface area contributed by atoms with Crippen molar-refractivity contribution in [2.24, 2.45) is 0 Å². The first kappa shape index (κ1) is 31.2. The number of nitrogens with zero attached hydrogens (tertiary/aromatic N) is 5. The summed E-state index contributed by atoms with van der Waals surface area (Å²) in [5.41, 5.74) is 0.803. The van der Waals surface area contributed by atoms with Gasteiger partial charge in [0.25, 0.3) is 5.88 Å². The molecule has 0 aliphatic rings. The number of rotatable bonds is 10. The zero-order valence-electron chi connectivity index (χ0n) is 22.9. The van der Waals surface area contributed by atoms with Crippen LogP contribution in [0.15, 0.2) is 71.9 Å². The van der Waals surface area contributed by atoms with Gasteiger partial charge in [-0.25, -0.2) is 23.4 Å². The Bertz CT molecular complexity index is 1530. The van der Waals surface area contributed by atoms with Crippen LogP contribution < -0.4 is 43.8 Å². The second-order valence-electron chi connectivity index (χ2n) is 9.24. The van der Waals surface area contributed by atoms with Crippen molar-refractivity contribution in [3.05, 3.63) is 77.3 Å². The number of aromatic nitrogens is 4. The van der Waals surface area contributed by atoms with Crippen LogP contribution in [0, 0.1) is 0 Å². The van der Waals surface area contributed by atoms with Crippen molar-refractivity contribution in [3.63, 3.8) is 0 Å². The summed E-state index contributed by atoms with van der Waals surface area (Å²) in [6.45, 7) is 5.61. The standard InChI is InChI=1S/C27H28N5O6S.Na/c1-27(2,3)18-10-12-19(13-11-18)39(34,35)32-23-22(38-21-9-6-5-8-20(21)36-4)26(37-17-16-33)31-25(30-23)24-28-14-7-15-29-24;/h5-15,33H,16-17H2,1-4H3;/q-1;+1. The van der Waals surface area contributed by atoms with Crippen molar-refractivity contribution in [1.82, 2.24) is 19.9 Å². The third-order valence-corrected chi connectivity index (χ3v) is 6.70. The topological polar surface area (TPSA) is 148 Å². The van der Waals surface area contributed by atoms with E-state index >= 15 is 0 Å². The van der Waals surface area contributed by atoms with E-state index in [1.165, 1.54) is 31.6 Å². The molecule has 0 saturated carbocycles. The number of sulfonamides is 1. The SMILES string of the molecule is COc1ccccc1Oc1c([N-]S(=O)(=O)c2ccc(C(C)(C)C)cc2)nc(-c2ncccn2)nc1OCCO.[Na+]. The van der Waals surface area contributed by atoms with Gasteiger partial charge in [0.15, 0.2) is 23.1 Å². The summed E-state index contributed by atoms with van der Waals surface area (Å²) in [6.07, 6.45) is 2.98. The second kappa shape index (κ2) is 13.4. The Morgan fingerprint density at radius 2 is 1.55 bits per heavy atom. The Morgan fingerprint density at radius 3 is 2.15 bits per heavy atom. The Balaban J connectivity index is 0.00000441. The van der Waals surface area contributed by atoms with Crippen LogP contribution in [-0.2, 0) is 15.4 Å². The van der Waals surface area contributed by atoms with Gasteiger partial charge in [-0.3, -0.25) is 0 Å². The summed E-state index contributed by atoms with van der Waals surface area (Å²) in [6, 6.07) is 14.8. The first-order valence-electron chi connectivity index (χ1n) is 11.9. The van der Waals surface area contributed by atoms with E-state index in [0.29, 0.717) is 5.75 Å². The van der Waals surface area contributed by atoms with Crippen LogP contribution in [-0.4, -0.2) is 53.8 Å². The first-order valence-corrected chi connectivity index (χ1v) is 13.4. The average Bonchev–Trinajstić information content (AvgIpc) is 2.93. The van der Waals surface area contributed by atoms with E-state index in [0.717, 1.165) is 5.56 Å². The molecule has 2 aromatic heterocycles. The van der Waals surface area contributed by atoms with Crippen molar-refractivity contribution in [3.8, 4) is 34.8 Å². The van der Waals surface area contributed by atoms with Crippen molar-refractivity contribution in [1.29, 1.82) is 0 Å². The largest absolute Gasteiger partial charge is 1.00 e. The minimum Gasteiger partial charge on any atom is -0.493 e. The van der Waals surface area contributed by atoms with Crippen molar-refractivity contribution < 1.29 is 57.3 Å². The maximum Gasteiger partial charge on any atom is 1.00 e. The molecule has 2 heterocycles. The van der Waals surface area contributed by atoms with Crippen LogP contribution in [0.3, 0.4) is 0 Å². The molecule has 11 nitrogen and oxygen atoms in total. The number of methoxy groups -OCH3 is 1. The smallest absolute Gasteiger partial charge is 0.493 e. The monoisotopic (exact) mass is 573 g/mol. The number of ether oxygens (including phenoxy) is 3. The molecule has 13 heteroatoms. The molecule has 0 bridgehead atoms. The van der Waals surface area contributed by atoms with Gasteiger partial charge in [0.05, 0.1) is 18.6 Å². The summed E-state index contributed by atoms with van der Waals surface area (Å²) in [5.74, 6) is -0.0261. The molecular formula is C27H28N5NaO6S. The number of benzene rings is 2. The Kier molecular flexibility index (Phi) is 10.4. The number of aliphatic hydroxyl groups is 1. The third kappa shape index (κ3) is 7.46. The normalized spacial score (nSPS) is 11.3. The van der Waals surface area contributed by atoms with Crippen LogP contribution in [0.4, 0.5) is 5.82 Å². The second-order valence-corrected chi connectivity index (χ2v) is 10.8. The van der Waals surface area contributed by atoms with Crippen molar-refractivity contribution in [2.75, 3.05) is 20.3 Å². The maximum absolute atomic E-state index is 13.4. The van der Waals surface area contributed by atoms with E-state index < -0.39 is 10.0 Å². The van der Waals surface area contributed by atoms with Gasteiger partial charge in [0.2, 0.25) is 10.0 Å². The van der Waals surface area contributed by atoms with E-state index in [1.807, 2.05) is 20.8 Å². The van der Waals surface area contributed by atoms with Crippen LogP contribution in [0.2, 0.25) is 0 Å². The minimum absolute atomic E-state index is 0. The summed E-state index contributed by atoms with van der Waals surface area (Å²) >= 11 is 0. The molecule has 4 aromatic rings. The van der Waals surface area contributed by atoms with E-state index in [9.17, 15) is 13.5 Å². The molecule has 2 aromatic carbocycles. The molecule has 0 aliphatic heterocycles. The predicted octanol–water partition coefficient (Wildman–Crippen LogP) is 1.80. The Hall–Kier alpha value is -3.29. The van der Waals surface area contributed by atoms with Crippen molar-refractivity contribution >= 4 is 15.8 Å². The molecule has 40 heavy (non-hydrogen) atoms. The van der Waals surface area contributed by atoms with Gasteiger partial charge in [-0.1, -0.05) is 45.0 Å². The van der Waals surface area contributed by atoms with Gasteiger partial charge in [-0.05, 0) is 41.3 Å². The van der Waals surface area contributed by atoms with Gasteiger partial charge >= 0.3 is 29.6 Å². The quantitative estimate of drug-likeness (QED) is 0.279. The fourth-order valence-electron chi connectivity index (χ4n) is 3.43. The van der Waals surface area contributed by atoms with E-state index in [4.69, 9.17) is 14.2 Å². The number of hydrogen-bond donors (Lipinski definition) is 1. The molecule has 0 unspecified atom stereocenters. The van der Waals surface area contributed by atoms with Crippen LogP contribution >= 0.6 is 0 Å². The maximum atomic E-state index is 13.4. The van der Waals surface area contributed by atoms with E-state index in [1.54, 1.807) is 42.5 Å². The summed E-state index contributed by atoms with van der Waals surface area (Å²) in [5, 5.41) is 9.39. The predicted molar refractivity (Wildman–Crippen MR) is 144 cm³/mol. The molecule has 0 atom stereocenters. The molecule has 0 amide bonds. The minimum atomic E-state index is -4.26. The molecule has 0 fully saturated rings. The zero-order valence-corrected chi connectivity index (χ0v) is 25.7. The average molecular weight is 574 g/mol. The molecule has 0 aliphatic carbocycles. The fourth-order valence-corrected chi connectivity index (χ4v) is 4.37. The van der Waals surface area contributed by atoms with Crippen LogP contribution in [0.25, 0.3) is 16.4 Å². The molecule has 0 spiro atoms. The number of para-hydroxylation sites is 2. The summed E-state index contributed by atoms with van der Waals surface area (Å²) in [4.78, 5) is 16.9. The fraction of sp³-hybridized carbons (Fsp3) is 0.259. The number of aliphatic hydroxyl groups excluding tert-OH is 1. The first-order chi connectivity index (χ1) is 18.6. The number of hydrogen-bond acceptors (Lipinski definition) is 10. The molecule has 0 radical (unpaired) electrons. The van der Waals surface area contributed by atoms with Gasteiger partial charge in [0, 0.05) is 18.2 Å². The third-order valence-electron chi connectivity index (χ3n) is 5.42. The summed E-state index contributed by atoms with van der Waals surface area (Å²) in [7, 11) is -2.80. The molecular weight excluding hydrogens is 545 g/mol. The molecule has 0 saturated heterocycles. The molecule has 204 valence electrons. The molecule has 4 rings (SSSR count). The summed E-state index contributed by atoms with van der Waals surface area (Å²) < 4.78 is 47.9.